The van der Waals surface area contributed by atoms with Gasteiger partial charge >= 0.3 is 0 Å². The second-order valence-corrected chi connectivity index (χ2v) is 6.40. The van der Waals surface area contributed by atoms with Crippen molar-refractivity contribution in [3.63, 3.8) is 0 Å². The highest BCUT2D eigenvalue weighted by Crippen LogP contribution is 2.22. The van der Waals surface area contributed by atoms with Gasteiger partial charge in [0.25, 0.3) is 0 Å². The van der Waals surface area contributed by atoms with Crippen molar-refractivity contribution in [2.24, 2.45) is 5.41 Å². The van der Waals surface area contributed by atoms with Gasteiger partial charge < -0.3 is 0 Å². The highest BCUT2D eigenvalue weighted by atomic mass is 15.1. The minimum atomic E-state index is 0.0905. The minimum absolute atomic E-state index is 0.0905. The Labute approximate surface area is 93.1 Å². The monoisotopic (exact) mass is 206 g/mol. The Hall–Kier alpha value is -0.920. The number of hydrogen-bond donors (Lipinski definition) is 0. The first kappa shape index (κ1) is 12.2. The lowest BCUT2D eigenvalue weighted by Crippen LogP contribution is -2.16. The van der Waals surface area contributed by atoms with Crippen LogP contribution in [0.1, 0.15) is 52.9 Å². The Morgan fingerprint density at radius 1 is 0.933 bits per heavy atom. The van der Waals surface area contributed by atoms with Gasteiger partial charge in [0, 0.05) is 5.41 Å². The highest BCUT2D eigenvalue weighted by molar-refractivity contribution is 5.14. The van der Waals surface area contributed by atoms with Crippen molar-refractivity contribution in [2.45, 2.75) is 53.4 Å². The molecular weight excluding hydrogens is 184 g/mol. The van der Waals surface area contributed by atoms with E-state index in [-0.39, 0.29) is 10.8 Å². The summed E-state index contributed by atoms with van der Waals surface area (Å²) in [5.74, 6) is 0. The maximum atomic E-state index is 4.28. The molecule has 0 aliphatic heterocycles. The van der Waals surface area contributed by atoms with Crippen molar-refractivity contribution in [3.8, 4) is 0 Å². The molecule has 0 aromatic carbocycles. The van der Waals surface area contributed by atoms with Gasteiger partial charge in [0.2, 0.25) is 0 Å². The van der Waals surface area contributed by atoms with Gasteiger partial charge in [-0.2, -0.15) is 10.2 Å². The predicted octanol–water partition coefficient (Wildman–Crippen LogP) is 3.36. The molecule has 84 valence electrons. The van der Waals surface area contributed by atoms with Crippen LogP contribution in [-0.2, 0) is 11.8 Å². The van der Waals surface area contributed by atoms with Crippen LogP contribution < -0.4 is 0 Å². The molecule has 1 aromatic rings. The molecule has 0 aliphatic rings. The van der Waals surface area contributed by atoms with E-state index >= 15 is 0 Å². The van der Waals surface area contributed by atoms with Crippen molar-refractivity contribution < 1.29 is 0 Å². The fourth-order valence-corrected chi connectivity index (χ4v) is 1.40. The molecule has 0 amide bonds. The lowest BCUT2D eigenvalue weighted by atomic mass is 9.89. The van der Waals surface area contributed by atoms with Gasteiger partial charge in [-0.3, -0.25) is 0 Å². The van der Waals surface area contributed by atoms with Crippen LogP contribution in [0.25, 0.3) is 0 Å². The van der Waals surface area contributed by atoms with E-state index in [4.69, 9.17) is 0 Å². The van der Waals surface area contributed by atoms with Crippen LogP contribution in [0.15, 0.2) is 12.1 Å². The first-order valence-electron chi connectivity index (χ1n) is 5.52. The molecule has 2 nitrogen and oxygen atoms in total. The van der Waals surface area contributed by atoms with Gasteiger partial charge in [-0.15, -0.1) is 0 Å². The van der Waals surface area contributed by atoms with E-state index in [1.807, 2.05) is 0 Å². The van der Waals surface area contributed by atoms with E-state index in [2.05, 4.69) is 63.9 Å². The average molecular weight is 206 g/mol. The van der Waals surface area contributed by atoms with E-state index < -0.39 is 0 Å². The van der Waals surface area contributed by atoms with Gasteiger partial charge in [-0.05, 0) is 24.0 Å². The molecule has 15 heavy (non-hydrogen) atoms. The molecule has 0 bridgehead atoms. The zero-order valence-electron chi connectivity index (χ0n) is 10.8. The molecule has 1 heterocycles. The maximum absolute atomic E-state index is 4.28. The molecule has 0 aliphatic carbocycles. The van der Waals surface area contributed by atoms with E-state index in [1.54, 1.807) is 0 Å². The third-order valence-corrected chi connectivity index (χ3v) is 2.20. The van der Waals surface area contributed by atoms with Crippen LogP contribution in [0.4, 0.5) is 0 Å². The lowest BCUT2D eigenvalue weighted by molar-refractivity contribution is 0.403. The molecule has 2 heteroatoms. The Kier molecular flexibility index (Phi) is 3.17. The summed E-state index contributed by atoms with van der Waals surface area (Å²) in [5, 5.41) is 8.56. The maximum Gasteiger partial charge on any atom is 0.0684 e. The van der Waals surface area contributed by atoms with E-state index in [0.29, 0.717) is 0 Å². The van der Waals surface area contributed by atoms with Gasteiger partial charge in [0.05, 0.1) is 11.4 Å². The summed E-state index contributed by atoms with van der Waals surface area (Å²) >= 11 is 0. The SMILES string of the molecule is CC(C)(C)Cc1ccc(C(C)(C)C)nn1. The number of rotatable bonds is 1. The van der Waals surface area contributed by atoms with E-state index in [1.165, 1.54) is 0 Å². The molecule has 0 unspecified atom stereocenters. The van der Waals surface area contributed by atoms with Crippen LogP contribution in [0.3, 0.4) is 0 Å². The van der Waals surface area contributed by atoms with Crippen molar-refractivity contribution in [1.82, 2.24) is 10.2 Å². The smallest absolute Gasteiger partial charge is 0.0684 e. The second-order valence-electron chi connectivity index (χ2n) is 6.40. The Balaban J connectivity index is 2.82. The fraction of sp³-hybridized carbons (Fsp3) is 0.692. The molecule has 0 fully saturated rings. The summed E-state index contributed by atoms with van der Waals surface area (Å²) in [7, 11) is 0. The van der Waals surface area contributed by atoms with Crippen molar-refractivity contribution in [1.29, 1.82) is 0 Å². The third kappa shape index (κ3) is 3.98. The summed E-state index contributed by atoms with van der Waals surface area (Å²) < 4.78 is 0. The molecule has 0 saturated carbocycles. The summed E-state index contributed by atoms with van der Waals surface area (Å²) in [6.45, 7) is 13.1. The average Bonchev–Trinajstić information content (AvgIpc) is 2.00. The standard InChI is InChI=1S/C13H22N2/c1-12(2,3)9-10-7-8-11(15-14-10)13(4,5)6/h7-8H,9H2,1-6H3. The number of nitrogens with zero attached hydrogens (tertiary/aromatic N) is 2. The van der Waals surface area contributed by atoms with Gasteiger partial charge in [-0.1, -0.05) is 41.5 Å². The molecule has 0 N–H and O–H groups in total. The van der Waals surface area contributed by atoms with Crippen molar-refractivity contribution >= 4 is 0 Å². The highest BCUT2D eigenvalue weighted by Gasteiger charge is 2.17. The molecule has 1 rings (SSSR count). The normalized spacial score (nSPS) is 12.9. The quantitative estimate of drug-likeness (QED) is 0.704. The molecule has 0 saturated heterocycles. The van der Waals surface area contributed by atoms with Gasteiger partial charge in [-0.25, -0.2) is 0 Å². The summed E-state index contributed by atoms with van der Waals surface area (Å²) in [5.41, 5.74) is 2.50. The fourth-order valence-electron chi connectivity index (χ4n) is 1.40. The number of aromatic nitrogens is 2. The van der Waals surface area contributed by atoms with Gasteiger partial charge in [0.1, 0.15) is 0 Å². The van der Waals surface area contributed by atoms with Crippen molar-refractivity contribution in [2.75, 3.05) is 0 Å². The summed E-state index contributed by atoms with van der Waals surface area (Å²) in [6.07, 6.45) is 0.977. The summed E-state index contributed by atoms with van der Waals surface area (Å²) in [6, 6.07) is 4.19. The lowest BCUT2D eigenvalue weighted by Gasteiger charge is -2.19. The Bertz CT molecular complexity index is 312. The second kappa shape index (κ2) is 3.92. The molecule has 0 spiro atoms. The van der Waals surface area contributed by atoms with Crippen LogP contribution in [0.2, 0.25) is 0 Å². The zero-order chi connectivity index (χ0) is 11.7. The molecule has 0 radical (unpaired) electrons. The van der Waals surface area contributed by atoms with E-state index in [9.17, 15) is 0 Å². The Morgan fingerprint density at radius 2 is 1.53 bits per heavy atom. The summed E-state index contributed by atoms with van der Waals surface area (Å²) in [4.78, 5) is 0. The predicted molar refractivity (Wildman–Crippen MR) is 63.9 cm³/mol. The van der Waals surface area contributed by atoms with Gasteiger partial charge in [0.15, 0.2) is 0 Å². The number of hydrogen-bond acceptors (Lipinski definition) is 2. The molecule has 1 aromatic heterocycles. The van der Waals surface area contributed by atoms with Crippen LogP contribution in [0, 0.1) is 5.41 Å². The van der Waals surface area contributed by atoms with Crippen LogP contribution >= 0.6 is 0 Å². The minimum Gasteiger partial charge on any atom is -0.155 e. The molecule has 0 atom stereocenters. The largest absolute Gasteiger partial charge is 0.155 e. The van der Waals surface area contributed by atoms with Crippen LogP contribution in [-0.4, -0.2) is 10.2 Å². The zero-order valence-corrected chi connectivity index (χ0v) is 10.8. The van der Waals surface area contributed by atoms with Crippen LogP contribution in [0.5, 0.6) is 0 Å². The first-order chi connectivity index (χ1) is 6.68. The first-order valence-corrected chi connectivity index (χ1v) is 5.52. The topological polar surface area (TPSA) is 25.8 Å². The van der Waals surface area contributed by atoms with E-state index in [0.717, 1.165) is 17.8 Å². The Morgan fingerprint density at radius 3 is 1.87 bits per heavy atom. The molecular formula is C13H22N2. The third-order valence-electron chi connectivity index (χ3n) is 2.20. The van der Waals surface area contributed by atoms with Crippen molar-refractivity contribution in [3.05, 3.63) is 23.5 Å².